The van der Waals surface area contributed by atoms with Gasteiger partial charge >= 0.3 is 0 Å². The van der Waals surface area contributed by atoms with Gasteiger partial charge in [0, 0.05) is 13.2 Å². The van der Waals surface area contributed by atoms with E-state index in [-0.39, 0.29) is 0 Å². The molecule has 19 heavy (non-hydrogen) atoms. The number of anilines is 1. The molecule has 0 aromatic heterocycles. The molecule has 1 aromatic rings. The standard InChI is InChI=1S/C16H25NO2/c1-4-14(13-6-7-13)17-15-8-5-12(2)11-16(15)19-10-9-18-3/h5,8,11,13-14,17H,4,6-7,9-10H2,1-3H3. The van der Waals surface area contributed by atoms with Crippen LogP contribution in [0.15, 0.2) is 18.2 Å². The summed E-state index contributed by atoms with van der Waals surface area (Å²) in [6, 6.07) is 6.93. The summed E-state index contributed by atoms with van der Waals surface area (Å²) in [5.41, 5.74) is 2.33. The van der Waals surface area contributed by atoms with E-state index < -0.39 is 0 Å². The van der Waals surface area contributed by atoms with Crippen LogP contribution in [-0.4, -0.2) is 26.4 Å². The predicted molar refractivity (Wildman–Crippen MR) is 79.0 cm³/mol. The molecule has 3 nitrogen and oxygen atoms in total. The number of methoxy groups -OCH3 is 1. The molecule has 1 unspecified atom stereocenters. The predicted octanol–water partition coefficient (Wildman–Crippen LogP) is 3.62. The van der Waals surface area contributed by atoms with Gasteiger partial charge in [-0.05, 0) is 49.8 Å². The molecule has 1 aliphatic carbocycles. The minimum Gasteiger partial charge on any atom is -0.489 e. The van der Waals surface area contributed by atoms with E-state index in [2.05, 4.69) is 37.4 Å². The molecule has 1 aliphatic rings. The van der Waals surface area contributed by atoms with E-state index in [1.165, 1.54) is 18.4 Å². The fourth-order valence-electron chi connectivity index (χ4n) is 2.35. The van der Waals surface area contributed by atoms with Gasteiger partial charge in [-0.3, -0.25) is 0 Å². The van der Waals surface area contributed by atoms with Crippen molar-refractivity contribution < 1.29 is 9.47 Å². The van der Waals surface area contributed by atoms with Gasteiger partial charge in [0.1, 0.15) is 12.4 Å². The average molecular weight is 263 g/mol. The number of hydrogen-bond donors (Lipinski definition) is 1. The number of ether oxygens (including phenoxy) is 2. The van der Waals surface area contributed by atoms with Crippen LogP contribution in [0.5, 0.6) is 5.75 Å². The molecule has 106 valence electrons. The van der Waals surface area contributed by atoms with Crippen molar-refractivity contribution in [3.63, 3.8) is 0 Å². The van der Waals surface area contributed by atoms with Crippen molar-refractivity contribution in [1.29, 1.82) is 0 Å². The van der Waals surface area contributed by atoms with Crippen molar-refractivity contribution >= 4 is 5.69 Å². The van der Waals surface area contributed by atoms with E-state index in [1.54, 1.807) is 7.11 Å². The molecule has 0 bridgehead atoms. The lowest BCUT2D eigenvalue weighted by molar-refractivity contribution is 0.146. The lowest BCUT2D eigenvalue weighted by Crippen LogP contribution is -2.21. The molecule has 0 aliphatic heterocycles. The highest BCUT2D eigenvalue weighted by Gasteiger charge is 2.30. The van der Waals surface area contributed by atoms with Gasteiger partial charge in [0.25, 0.3) is 0 Å². The number of benzene rings is 1. The molecule has 1 atom stereocenters. The Morgan fingerprint density at radius 1 is 1.32 bits per heavy atom. The summed E-state index contributed by atoms with van der Waals surface area (Å²) in [7, 11) is 1.69. The van der Waals surface area contributed by atoms with E-state index in [0.717, 1.165) is 23.8 Å². The highest BCUT2D eigenvalue weighted by molar-refractivity contribution is 5.58. The third kappa shape index (κ3) is 4.13. The molecule has 3 heteroatoms. The summed E-state index contributed by atoms with van der Waals surface area (Å²) in [6.45, 7) is 5.54. The first kappa shape index (κ1) is 14.2. The smallest absolute Gasteiger partial charge is 0.142 e. The summed E-state index contributed by atoms with van der Waals surface area (Å²) in [6.07, 6.45) is 3.88. The third-order valence-corrected chi connectivity index (χ3v) is 3.65. The fourth-order valence-corrected chi connectivity index (χ4v) is 2.35. The molecule has 1 saturated carbocycles. The molecule has 0 saturated heterocycles. The van der Waals surface area contributed by atoms with Gasteiger partial charge in [0.15, 0.2) is 0 Å². The lowest BCUT2D eigenvalue weighted by Gasteiger charge is -2.20. The van der Waals surface area contributed by atoms with Crippen LogP contribution in [0.2, 0.25) is 0 Å². The van der Waals surface area contributed by atoms with Crippen LogP contribution in [0.1, 0.15) is 31.7 Å². The largest absolute Gasteiger partial charge is 0.489 e. The van der Waals surface area contributed by atoms with E-state index >= 15 is 0 Å². The van der Waals surface area contributed by atoms with Crippen LogP contribution >= 0.6 is 0 Å². The van der Waals surface area contributed by atoms with Crippen LogP contribution in [0.25, 0.3) is 0 Å². The molecule has 1 fully saturated rings. The summed E-state index contributed by atoms with van der Waals surface area (Å²) in [4.78, 5) is 0. The topological polar surface area (TPSA) is 30.5 Å². The molecule has 0 radical (unpaired) electrons. The average Bonchev–Trinajstić information content (AvgIpc) is 3.22. The fraction of sp³-hybridized carbons (Fsp3) is 0.625. The molecule has 2 rings (SSSR count). The molecule has 0 amide bonds. The molecule has 1 N–H and O–H groups in total. The van der Waals surface area contributed by atoms with Gasteiger partial charge in [-0.25, -0.2) is 0 Å². The first-order valence-corrected chi connectivity index (χ1v) is 7.23. The zero-order valence-electron chi connectivity index (χ0n) is 12.2. The van der Waals surface area contributed by atoms with Crippen LogP contribution in [0.3, 0.4) is 0 Å². The summed E-state index contributed by atoms with van der Waals surface area (Å²) in [5.74, 6) is 1.79. The van der Waals surface area contributed by atoms with E-state index in [0.29, 0.717) is 19.3 Å². The highest BCUT2D eigenvalue weighted by Crippen LogP contribution is 2.37. The Bertz CT molecular complexity index is 402. The normalized spacial score (nSPS) is 16.2. The van der Waals surface area contributed by atoms with E-state index in [9.17, 15) is 0 Å². The molecule has 0 spiro atoms. The first-order valence-electron chi connectivity index (χ1n) is 7.23. The summed E-state index contributed by atoms with van der Waals surface area (Å²) in [5, 5.41) is 3.65. The van der Waals surface area contributed by atoms with E-state index in [1.807, 2.05) is 0 Å². The Kier molecular flexibility index (Phi) is 5.08. The van der Waals surface area contributed by atoms with Gasteiger partial charge in [0.2, 0.25) is 0 Å². The zero-order chi connectivity index (χ0) is 13.7. The Balaban J connectivity index is 2.04. The van der Waals surface area contributed by atoms with Gasteiger partial charge in [-0.2, -0.15) is 0 Å². The summed E-state index contributed by atoms with van der Waals surface area (Å²) >= 11 is 0. The van der Waals surface area contributed by atoms with Crippen molar-refractivity contribution in [2.75, 3.05) is 25.6 Å². The van der Waals surface area contributed by atoms with Crippen LogP contribution in [0, 0.1) is 12.8 Å². The van der Waals surface area contributed by atoms with Crippen molar-refractivity contribution in [3.8, 4) is 5.75 Å². The second-order valence-corrected chi connectivity index (χ2v) is 5.34. The van der Waals surface area contributed by atoms with E-state index in [4.69, 9.17) is 9.47 Å². The first-order chi connectivity index (χ1) is 9.24. The molecule has 0 heterocycles. The minimum atomic E-state index is 0.576. The Morgan fingerprint density at radius 2 is 2.11 bits per heavy atom. The van der Waals surface area contributed by atoms with Crippen LogP contribution in [0.4, 0.5) is 5.69 Å². The van der Waals surface area contributed by atoms with Gasteiger partial charge < -0.3 is 14.8 Å². The molecular weight excluding hydrogens is 238 g/mol. The van der Waals surface area contributed by atoms with Crippen molar-refractivity contribution in [2.24, 2.45) is 5.92 Å². The Morgan fingerprint density at radius 3 is 2.74 bits per heavy atom. The number of rotatable bonds is 8. The Labute approximate surface area is 116 Å². The van der Waals surface area contributed by atoms with Crippen LogP contribution < -0.4 is 10.1 Å². The van der Waals surface area contributed by atoms with Crippen molar-refractivity contribution in [1.82, 2.24) is 0 Å². The van der Waals surface area contributed by atoms with Gasteiger partial charge in [-0.1, -0.05) is 13.0 Å². The number of aryl methyl sites for hydroxylation is 1. The Hall–Kier alpha value is -1.22. The zero-order valence-corrected chi connectivity index (χ0v) is 12.2. The van der Waals surface area contributed by atoms with Crippen molar-refractivity contribution in [3.05, 3.63) is 23.8 Å². The number of hydrogen-bond acceptors (Lipinski definition) is 3. The third-order valence-electron chi connectivity index (χ3n) is 3.65. The van der Waals surface area contributed by atoms with Gasteiger partial charge in [0.05, 0.1) is 12.3 Å². The monoisotopic (exact) mass is 263 g/mol. The highest BCUT2D eigenvalue weighted by atomic mass is 16.5. The summed E-state index contributed by atoms with van der Waals surface area (Å²) < 4.78 is 10.9. The van der Waals surface area contributed by atoms with Crippen molar-refractivity contribution in [2.45, 2.75) is 39.2 Å². The van der Waals surface area contributed by atoms with Crippen LogP contribution in [-0.2, 0) is 4.74 Å². The number of nitrogens with one attached hydrogen (secondary N) is 1. The second kappa shape index (κ2) is 6.80. The second-order valence-electron chi connectivity index (χ2n) is 5.34. The SMILES string of the molecule is CCC(Nc1ccc(C)cc1OCCOC)C1CC1. The maximum absolute atomic E-state index is 5.82. The maximum atomic E-state index is 5.82. The maximum Gasteiger partial charge on any atom is 0.142 e. The lowest BCUT2D eigenvalue weighted by atomic mass is 10.1. The van der Waals surface area contributed by atoms with Gasteiger partial charge in [-0.15, -0.1) is 0 Å². The minimum absolute atomic E-state index is 0.576. The molecule has 1 aromatic carbocycles. The molecular formula is C16H25NO2. The quantitative estimate of drug-likeness (QED) is 0.727.